The van der Waals surface area contributed by atoms with Crippen LogP contribution in [0.15, 0.2) is 12.1 Å². The van der Waals surface area contributed by atoms with Gasteiger partial charge in [0.1, 0.15) is 11.7 Å². The SMILES string of the molecule is CCN1CC[C@]23c4c5ccc(OP)c4O[C@H]2C2(OP)CCC3(CC2)[C@H]1C5. The number of benzene rings is 1. The summed E-state index contributed by atoms with van der Waals surface area (Å²) >= 11 is 0. The quantitative estimate of drug-likeness (QED) is 0.737. The van der Waals surface area contributed by atoms with Gasteiger partial charge in [-0.15, -0.1) is 0 Å². The maximum Gasteiger partial charge on any atom is 0.166 e. The Hall–Kier alpha value is -0.400. The summed E-state index contributed by atoms with van der Waals surface area (Å²) in [5.74, 6) is 1.87. The van der Waals surface area contributed by atoms with Gasteiger partial charge in [0.05, 0.1) is 9.47 Å². The molecule has 6 aliphatic rings. The van der Waals surface area contributed by atoms with Gasteiger partial charge < -0.3 is 13.8 Å². The van der Waals surface area contributed by atoms with Gasteiger partial charge in [-0.2, -0.15) is 0 Å². The maximum atomic E-state index is 6.80. The number of likely N-dealkylation sites (tertiary alicyclic amines) is 1. The van der Waals surface area contributed by atoms with Crippen molar-refractivity contribution < 1.29 is 13.8 Å². The molecule has 5 atom stereocenters. The first-order valence-corrected chi connectivity index (χ1v) is 10.9. The Morgan fingerprint density at radius 3 is 2.69 bits per heavy atom. The van der Waals surface area contributed by atoms with E-state index in [1.54, 1.807) is 0 Å². The second-order valence-electron chi connectivity index (χ2n) is 8.95. The molecule has 7 rings (SSSR count). The molecule has 2 aliphatic heterocycles. The number of rotatable bonds is 3. The standard InChI is InChI=1S/C20H27NO3P2/c1-2-21-10-9-20-15-12-3-4-13(23-25)16(15)22-17(20)19(24-26)7-5-18(20,6-8-19)14(21)11-12/h3-4,14,17H,2,5-11,25-26H2,1H3/t14-,17+,18?,19?,20+/m1/s1. The Balaban J connectivity index is 1.67. The van der Waals surface area contributed by atoms with E-state index in [0.717, 1.165) is 37.3 Å². The first-order valence-electron chi connectivity index (χ1n) is 9.97. The molecule has 1 saturated heterocycles. The molecule has 3 saturated carbocycles. The summed E-state index contributed by atoms with van der Waals surface area (Å²) in [5, 5.41) is 0. The van der Waals surface area contributed by atoms with E-state index < -0.39 is 0 Å². The van der Waals surface area contributed by atoms with Gasteiger partial charge in [0.15, 0.2) is 11.5 Å². The van der Waals surface area contributed by atoms with Crippen LogP contribution in [-0.4, -0.2) is 35.7 Å². The van der Waals surface area contributed by atoms with Crippen molar-refractivity contribution in [2.75, 3.05) is 13.1 Å². The summed E-state index contributed by atoms with van der Waals surface area (Å²) in [4.78, 5) is 2.75. The lowest BCUT2D eigenvalue weighted by atomic mass is 9.37. The summed E-state index contributed by atoms with van der Waals surface area (Å²) < 4.78 is 18.6. The monoisotopic (exact) mass is 391 g/mol. The minimum Gasteiger partial charge on any atom is -0.482 e. The molecule has 4 fully saturated rings. The molecular formula is C20H27NO3P2. The van der Waals surface area contributed by atoms with Gasteiger partial charge in [-0.05, 0) is 68.7 Å². The van der Waals surface area contributed by atoms with Gasteiger partial charge >= 0.3 is 0 Å². The third-order valence-corrected chi connectivity index (χ3v) is 9.47. The van der Waals surface area contributed by atoms with Gasteiger partial charge in [0.2, 0.25) is 0 Å². The smallest absolute Gasteiger partial charge is 0.166 e. The lowest BCUT2D eigenvalue weighted by Crippen LogP contribution is -2.78. The fraction of sp³-hybridized carbons (Fsp3) is 0.700. The van der Waals surface area contributed by atoms with E-state index in [9.17, 15) is 0 Å². The fourth-order valence-electron chi connectivity index (χ4n) is 7.77. The predicted octanol–water partition coefficient (Wildman–Crippen LogP) is 3.62. The van der Waals surface area contributed by atoms with Crippen LogP contribution in [0.2, 0.25) is 0 Å². The second kappa shape index (κ2) is 5.15. The van der Waals surface area contributed by atoms with Crippen LogP contribution in [0.5, 0.6) is 11.5 Å². The third-order valence-electron chi connectivity index (χ3n) is 8.75. The average molecular weight is 391 g/mol. The van der Waals surface area contributed by atoms with Crippen LogP contribution in [0, 0.1) is 5.41 Å². The summed E-state index contributed by atoms with van der Waals surface area (Å²) in [6.07, 6.45) is 7.18. The molecule has 0 N–H and O–H groups in total. The zero-order valence-corrected chi connectivity index (χ0v) is 17.6. The summed E-state index contributed by atoms with van der Waals surface area (Å²) in [7, 11) is 4.97. The van der Waals surface area contributed by atoms with Crippen molar-refractivity contribution in [2.24, 2.45) is 5.41 Å². The van der Waals surface area contributed by atoms with Crippen LogP contribution in [0.25, 0.3) is 0 Å². The Kier molecular flexibility index (Phi) is 3.27. The van der Waals surface area contributed by atoms with Crippen molar-refractivity contribution in [1.29, 1.82) is 0 Å². The average Bonchev–Trinajstić information content (AvgIpc) is 3.05. The Morgan fingerprint density at radius 1 is 1.19 bits per heavy atom. The van der Waals surface area contributed by atoms with Crippen LogP contribution in [0.4, 0.5) is 0 Å². The summed E-state index contributed by atoms with van der Waals surface area (Å²) in [6, 6.07) is 5.02. The molecule has 26 heavy (non-hydrogen) atoms. The number of hydrogen-bond donors (Lipinski definition) is 0. The van der Waals surface area contributed by atoms with Crippen LogP contribution >= 0.6 is 18.9 Å². The topological polar surface area (TPSA) is 30.9 Å². The van der Waals surface area contributed by atoms with Crippen molar-refractivity contribution >= 4 is 18.9 Å². The number of likely N-dealkylation sites (N-methyl/N-ethyl adjacent to an activating group) is 1. The zero-order chi connectivity index (χ0) is 17.7. The van der Waals surface area contributed by atoms with Gasteiger partial charge in [-0.1, -0.05) is 13.0 Å². The van der Waals surface area contributed by atoms with Gasteiger partial charge in [-0.3, -0.25) is 4.90 Å². The van der Waals surface area contributed by atoms with Crippen LogP contribution < -0.4 is 9.26 Å². The first kappa shape index (κ1) is 16.5. The first-order chi connectivity index (χ1) is 12.7. The highest BCUT2D eigenvalue weighted by molar-refractivity contribution is 7.10. The molecule has 2 spiro atoms. The molecular weight excluding hydrogens is 364 g/mol. The summed E-state index contributed by atoms with van der Waals surface area (Å²) in [6.45, 7) is 4.64. The molecule has 140 valence electrons. The fourth-order valence-corrected chi connectivity index (χ4v) is 8.31. The van der Waals surface area contributed by atoms with E-state index in [4.69, 9.17) is 13.8 Å². The highest BCUT2D eigenvalue weighted by atomic mass is 31.0. The van der Waals surface area contributed by atoms with Gasteiger partial charge in [0.25, 0.3) is 0 Å². The summed E-state index contributed by atoms with van der Waals surface area (Å²) in [5.41, 5.74) is 3.21. The Morgan fingerprint density at radius 2 is 2.00 bits per heavy atom. The molecule has 1 aromatic carbocycles. The normalized spacial score (nSPS) is 44.6. The third kappa shape index (κ3) is 1.54. The van der Waals surface area contributed by atoms with Crippen molar-refractivity contribution in [3.8, 4) is 11.5 Å². The number of fused-ring (bicyclic) bond motifs is 2. The van der Waals surface area contributed by atoms with E-state index in [0.29, 0.717) is 11.5 Å². The van der Waals surface area contributed by atoms with Crippen molar-refractivity contribution in [1.82, 2.24) is 4.90 Å². The lowest BCUT2D eigenvalue weighted by molar-refractivity contribution is -0.229. The number of nitrogens with zero attached hydrogens (tertiary/aromatic N) is 1. The van der Waals surface area contributed by atoms with E-state index in [-0.39, 0.29) is 17.1 Å². The van der Waals surface area contributed by atoms with Gasteiger partial charge in [-0.25, -0.2) is 0 Å². The number of hydrogen-bond acceptors (Lipinski definition) is 4. The molecule has 4 bridgehead atoms. The Bertz CT molecular complexity index is 792. The van der Waals surface area contributed by atoms with E-state index in [1.807, 2.05) is 0 Å². The lowest BCUT2D eigenvalue weighted by Gasteiger charge is -2.72. The van der Waals surface area contributed by atoms with Crippen LogP contribution in [0.3, 0.4) is 0 Å². The molecule has 0 amide bonds. The van der Waals surface area contributed by atoms with E-state index in [1.165, 1.54) is 36.9 Å². The molecule has 2 heterocycles. The molecule has 0 radical (unpaired) electrons. The van der Waals surface area contributed by atoms with Crippen molar-refractivity contribution in [2.45, 2.75) is 68.6 Å². The van der Waals surface area contributed by atoms with Crippen LogP contribution in [0.1, 0.15) is 50.2 Å². The van der Waals surface area contributed by atoms with Crippen LogP contribution in [-0.2, 0) is 16.4 Å². The zero-order valence-electron chi connectivity index (χ0n) is 15.3. The predicted molar refractivity (Wildman–Crippen MR) is 107 cm³/mol. The highest BCUT2D eigenvalue weighted by Gasteiger charge is 2.78. The molecule has 2 unspecified atom stereocenters. The minimum absolute atomic E-state index is 0.0958. The number of piperidine rings is 1. The van der Waals surface area contributed by atoms with E-state index in [2.05, 4.69) is 42.9 Å². The molecule has 4 nitrogen and oxygen atoms in total. The Labute approximate surface area is 159 Å². The highest BCUT2D eigenvalue weighted by Crippen LogP contribution is 2.75. The van der Waals surface area contributed by atoms with E-state index >= 15 is 0 Å². The number of ether oxygens (including phenoxy) is 1. The molecule has 1 aromatic rings. The molecule has 4 aliphatic carbocycles. The largest absolute Gasteiger partial charge is 0.482 e. The second-order valence-corrected chi connectivity index (χ2v) is 9.42. The molecule has 0 aromatic heterocycles. The maximum absolute atomic E-state index is 6.80. The van der Waals surface area contributed by atoms with Crippen molar-refractivity contribution in [3.63, 3.8) is 0 Å². The minimum atomic E-state index is -0.170. The van der Waals surface area contributed by atoms with Crippen molar-refractivity contribution in [3.05, 3.63) is 23.3 Å². The molecule has 6 heteroatoms. The van der Waals surface area contributed by atoms with Gasteiger partial charge in [0, 0.05) is 26.5 Å².